The van der Waals surface area contributed by atoms with E-state index in [1.165, 1.54) is 15.2 Å². The van der Waals surface area contributed by atoms with Crippen molar-refractivity contribution in [3.8, 4) is 0 Å². The zero-order valence-electron chi connectivity index (χ0n) is 9.19. The molecule has 0 aromatic carbocycles. The maximum atomic E-state index is 11.8. The number of hydrogen-bond acceptors (Lipinski definition) is 3. The van der Waals surface area contributed by atoms with Crippen LogP contribution in [-0.2, 0) is 13.1 Å². The zero-order chi connectivity index (χ0) is 11.4. The molecule has 0 saturated heterocycles. The van der Waals surface area contributed by atoms with Crippen LogP contribution in [-0.4, -0.2) is 9.13 Å². The molecule has 1 aromatic heterocycles. The molecule has 84 valence electrons. The Hall–Kier alpha value is -1.52. The van der Waals surface area contributed by atoms with Gasteiger partial charge < -0.3 is 5.73 Å². The molecule has 1 aromatic rings. The Kier molecular flexibility index (Phi) is 3.71. The summed E-state index contributed by atoms with van der Waals surface area (Å²) >= 11 is 0. The fraction of sp³-hybridized carbons (Fsp3) is 0.600. The van der Waals surface area contributed by atoms with E-state index in [0.29, 0.717) is 13.1 Å². The number of nitrogens with zero attached hydrogens (tertiary/aromatic N) is 2. The van der Waals surface area contributed by atoms with Crippen molar-refractivity contribution in [2.45, 2.75) is 39.8 Å². The summed E-state index contributed by atoms with van der Waals surface area (Å²) in [6.45, 7) is 4.79. The predicted octanol–water partition coefficient (Wildman–Crippen LogP) is 0.412. The van der Waals surface area contributed by atoms with Gasteiger partial charge in [-0.15, -0.1) is 0 Å². The number of aromatic nitrogens is 2. The van der Waals surface area contributed by atoms with E-state index in [2.05, 4.69) is 0 Å². The standard InChI is InChI=1S/C10H17N3O2/c1-3-5-6-13-9(14)7-8(11)12(4-2)10(13)15/h7H,3-6,11H2,1-2H3. The topological polar surface area (TPSA) is 70.0 Å². The molecule has 0 aliphatic carbocycles. The Morgan fingerprint density at radius 3 is 2.47 bits per heavy atom. The van der Waals surface area contributed by atoms with Crippen molar-refractivity contribution in [2.24, 2.45) is 0 Å². The third-order valence-corrected chi connectivity index (χ3v) is 2.36. The number of nitrogens with two attached hydrogens (primary N) is 1. The molecule has 15 heavy (non-hydrogen) atoms. The van der Waals surface area contributed by atoms with Gasteiger partial charge in [-0.3, -0.25) is 13.9 Å². The molecular formula is C10H17N3O2. The van der Waals surface area contributed by atoms with Crippen LogP contribution in [0.1, 0.15) is 26.7 Å². The summed E-state index contributed by atoms with van der Waals surface area (Å²) < 4.78 is 2.64. The highest BCUT2D eigenvalue weighted by molar-refractivity contribution is 5.26. The van der Waals surface area contributed by atoms with Crippen LogP contribution in [0.15, 0.2) is 15.7 Å². The van der Waals surface area contributed by atoms with E-state index in [1.807, 2.05) is 13.8 Å². The summed E-state index contributed by atoms with van der Waals surface area (Å²) in [7, 11) is 0. The lowest BCUT2D eigenvalue weighted by Gasteiger charge is -2.10. The van der Waals surface area contributed by atoms with E-state index in [1.54, 1.807) is 0 Å². The molecule has 0 unspecified atom stereocenters. The number of rotatable bonds is 4. The minimum Gasteiger partial charge on any atom is -0.385 e. The smallest absolute Gasteiger partial charge is 0.332 e. The van der Waals surface area contributed by atoms with Gasteiger partial charge in [0, 0.05) is 19.2 Å². The van der Waals surface area contributed by atoms with Crippen molar-refractivity contribution in [2.75, 3.05) is 5.73 Å². The van der Waals surface area contributed by atoms with Gasteiger partial charge in [-0.05, 0) is 13.3 Å². The number of hydrogen-bond donors (Lipinski definition) is 1. The SMILES string of the molecule is CCCCn1c(=O)cc(N)n(CC)c1=O. The van der Waals surface area contributed by atoms with Crippen LogP contribution in [0, 0.1) is 0 Å². The molecule has 0 fully saturated rings. The lowest BCUT2D eigenvalue weighted by Crippen LogP contribution is -2.40. The minimum atomic E-state index is -0.310. The second-order valence-corrected chi connectivity index (χ2v) is 3.44. The van der Waals surface area contributed by atoms with E-state index in [9.17, 15) is 9.59 Å². The summed E-state index contributed by atoms with van der Waals surface area (Å²) in [5.74, 6) is 0.236. The highest BCUT2D eigenvalue weighted by Gasteiger charge is 2.06. The van der Waals surface area contributed by atoms with Gasteiger partial charge in [-0.25, -0.2) is 4.79 Å². The summed E-state index contributed by atoms with van der Waals surface area (Å²) in [5, 5.41) is 0. The maximum absolute atomic E-state index is 11.8. The quantitative estimate of drug-likeness (QED) is 0.784. The average molecular weight is 211 g/mol. The summed E-state index contributed by atoms with van der Waals surface area (Å²) in [6.07, 6.45) is 1.77. The van der Waals surface area contributed by atoms with Crippen LogP contribution < -0.4 is 17.0 Å². The van der Waals surface area contributed by atoms with E-state index < -0.39 is 0 Å². The summed E-state index contributed by atoms with van der Waals surface area (Å²) in [5.41, 5.74) is 4.96. The average Bonchev–Trinajstić information content (AvgIpc) is 2.17. The van der Waals surface area contributed by atoms with Crippen LogP contribution in [0.25, 0.3) is 0 Å². The molecule has 0 aliphatic heterocycles. The van der Waals surface area contributed by atoms with Crippen molar-refractivity contribution in [1.29, 1.82) is 0 Å². The largest absolute Gasteiger partial charge is 0.385 e. The first-order chi connectivity index (χ1) is 7.11. The van der Waals surface area contributed by atoms with E-state index in [0.717, 1.165) is 12.8 Å². The van der Waals surface area contributed by atoms with E-state index >= 15 is 0 Å². The van der Waals surface area contributed by atoms with Crippen LogP contribution in [0.3, 0.4) is 0 Å². The molecule has 5 heteroatoms. The number of nitrogen functional groups attached to an aromatic ring is 1. The van der Waals surface area contributed by atoms with Gasteiger partial charge >= 0.3 is 5.69 Å². The number of unbranched alkanes of at least 4 members (excludes halogenated alkanes) is 1. The molecule has 0 aliphatic rings. The lowest BCUT2D eigenvalue weighted by atomic mass is 10.3. The maximum Gasteiger partial charge on any atom is 0.332 e. The van der Waals surface area contributed by atoms with Gasteiger partial charge in [0.1, 0.15) is 5.82 Å². The molecule has 0 spiro atoms. The van der Waals surface area contributed by atoms with Crippen LogP contribution in [0.2, 0.25) is 0 Å². The fourth-order valence-electron chi connectivity index (χ4n) is 1.47. The normalized spacial score (nSPS) is 10.5. The van der Waals surface area contributed by atoms with Crippen molar-refractivity contribution in [3.05, 3.63) is 26.9 Å². The van der Waals surface area contributed by atoms with E-state index in [4.69, 9.17) is 5.73 Å². The lowest BCUT2D eigenvalue weighted by molar-refractivity contribution is 0.544. The van der Waals surface area contributed by atoms with Gasteiger partial charge in [0.15, 0.2) is 0 Å². The Morgan fingerprint density at radius 2 is 1.93 bits per heavy atom. The Bertz CT molecular complexity index is 445. The third-order valence-electron chi connectivity index (χ3n) is 2.36. The van der Waals surface area contributed by atoms with Gasteiger partial charge in [0.2, 0.25) is 0 Å². The Labute approximate surface area is 88.1 Å². The Morgan fingerprint density at radius 1 is 1.27 bits per heavy atom. The molecule has 1 rings (SSSR count). The monoisotopic (exact) mass is 211 g/mol. The fourth-order valence-corrected chi connectivity index (χ4v) is 1.47. The molecule has 0 saturated carbocycles. The highest BCUT2D eigenvalue weighted by Crippen LogP contribution is 1.94. The summed E-state index contributed by atoms with van der Waals surface area (Å²) in [6, 6.07) is 1.31. The van der Waals surface area contributed by atoms with Crippen molar-refractivity contribution >= 4 is 5.82 Å². The molecule has 0 radical (unpaired) electrons. The van der Waals surface area contributed by atoms with Gasteiger partial charge in [0.05, 0.1) is 0 Å². The predicted molar refractivity (Wildman–Crippen MR) is 60.0 cm³/mol. The van der Waals surface area contributed by atoms with Crippen LogP contribution in [0.4, 0.5) is 5.82 Å². The van der Waals surface area contributed by atoms with Gasteiger partial charge in [-0.1, -0.05) is 13.3 Å². The van der Waals surface area contributed by atoms with E-state index in [-0.39, 0.29) is 17.1 Å². The second-order valence-electron chi connectivity index (χ2n) is 3.44. The van der Waals surface area contributed by atoms with Crippen LogP contribution in [0.5, 0.6) is 0 Å². The second kappa shape index (κ2) is 4.82. The minimum absolute atomic E-state index is 0.236. The first-order valence-electron chi connectivity index (χ1n) is 5.22. The first-order valence-corrected chi connectivity index (χ1v) is 5.22. The molecule has 0 bridgehead atoms. The number of anilines is 1. The highest BCUT2D eigenvalue weighted by atomic mass is 16.2. The molecule has 0 amide bonds. The molecule has 0 atom stereocenters. The Balaban J connectivity index is 3.27. The van der Waals surface area contributed by atoms with Gasteiger partial charge in [-0.2, -0.15) is 0 Å². The van der Waals surface area contributed by atoms with Crippen LogP contribution >= 0.6 is 0 Å². The molecule has 5 nitrogen and oxygen atoms in total. The van der Waals surface area contributed by atoms with Crippen molar-refractivity contribution in [3.63, 3.8) is 0 Å². The zero-order valence-corrected chi connectivity index (χ0v) is 9.19. The molecular weight excluding hydrogens is 194 g/mol. The van der Waals surface area contributed by atoms with Crippen molar-refractivity contribution in [1.82, 2.24) is 9.13 Å². The third kappa shape index (κ3) is 2.29. The van der Waals surface area contributed by atoms with Crippen molar-refractivity contribution < 1.29 is 0 Å². The first kappa shape index (κ1) is 11.6. The van der Waals surface area contributed by atoms with Gasteiger partial charge in [0.25, 0.3) is 5.56 Å². The summed E-state index contributed by atoms with van der Waals surface area (Å²) in [4.78, 5) is 23.3. The molecule has 2 N–H and O–H groups in total. The molecule has 1 heterocycles.